The van der Waals surface area contributed by atoms with Gasteiger partial charge < -0.3 is 10.6 Å². The van der Waals surface area contributed by atoms with Gasteiger partial charge in [0.2, 0.25) is 15.9 Å². The Morgan fingerprint density at radius 3 is 2.15 bits per heavy atom. The van der Waals surface area contributed by atoms with Crippen LogP contribution in [0.3, 0.4) is 0 Å². The summed E-state index contributed by atoms with van der Waals surface area (Å²) < 4.78 is 27.2. The molecule has 1 atom stereocenters. The number of nitrogens with zero attached hydrogens (tertiary/aromatic N) is 2. The highest BCUT2D eigenvalue weighted by atomic mass is 35.5. The van der Waals surface area contributed by atoms with Gasteiger partial charge in [-0.05, 0) is 42.9 Å². The van der Waals surface area contributed by atoms with Crippen molar-refractivity contribution in [2.45, 2.75) is 50.0 Å². The molecule has 1 aromatic rings. The van der Waals surface area contributed by atoms with E-state index in [1.54, 1.807) is 12.1 Å². The molecule has 0 aliphatic carbocycles. The third-order valence-electron chi connectivity index (χ3n) is 5.52. The molecule has 0 spiro atoms. The molecule has 3 rings (SSSR count). The molecular formula is C19H30ClN3O3S. The van der Waals surface area contributed by atoms with Crippen molar-refractivity contribution in [1.29, 1.82) is 0 Å². The molecular weight excluding hydrogens is 386 g/mol. The Balaban J connectivity index is 0.00000261. The van der Waals surface area contributed by atoms with Crippen LogP contribution in [0.15, 0.2) is 29.2 Å². The Bertz CT molecular complexity index is 744. The van der Waals surface area contributed by atoms with Crippen LogP contribution in [0.5, 0.6) is 0 Å². The van der Waals surface area contributed by atoms with E-state index in [1.165, 1.54) is 4.31 Å². The number of sulfonamides is 1. The van der Waals surface area contributed by atoms with Crippen LogP contribution >= 0.6 is 12.4 Å². The number of likely N-dealkylation sites (tertiary alicyclic amines) is 1. The van der Waals surface area contributed by atoms with Crippen molar-refractivity contribution in [1.82, 2.24) is 9.21 Å². The minimum Gasteiger partial charge on any atom is -0.341 e. The van der Waals surface area contributed by atoms with E-state index < -0.39 is 10.0 Å². The number of benzene rings is 1. The second-order valence-electron chi connectivity index (χ2n) is 7.74. The molecule has 1 amide bonds. The summed E-state index contributed by atoms with van der Waals surface area (Å²) in [4.78, 5) is 14.7. The van der Waals surface area contributed by atoms with E-state index in [0.717, 1.165) is 18.5 Å². The zero-order chi connectivity index (χ0) is 18.9. The predicted molar refractivity (Wildman–Crippen MR) is 108 cm³/mol. The normalized spacial score (nSPS) is 22.1. The summed E-state index contributed by atoms with van der Waals surface area (Å²) >= 11 is 0. The minimum absolute atomic E-state index is 0. The lowest BCUT2D eigenvalue weighted by Crippen LogP contribution is -2.44. The fourth-order valence-electron chi connectivity index (χ4n) is 3.76. The monoisotopic (exact) mass is 415 g/mol. The molecule has 6 nitrogen and oxygen atoms in total. The lowest BCUT2D eigenvalue weighted by Gasteiger charge is -2.32. The first-order valence-electron chi connectivity index (χ1n) is 9.43. The van der Waals surface area contributed by atoms with Crippen molar-refractivity contribution >= 4 is 28.3 Å². The first-order chi connectivity index (χ1) is 12.3. The maximum atomic E-state index is 12.9. The van der Waals surface area contributed by atoms with E-state index in [0.29, 0.717) is 43.3 Å². The van der Waals surface area contributed by atoms with Gasteiger partial charge in [-0.1, -0.05) is 26.0 Å². The number of rotatable bonds is 4. The van der Waals surface area contributed by atoms with Gasteiger partial charge in [-0.3, -0.25) is 4.79 Å². The minimum atomic E-state index is -3.49. The van der Waals surface area contributed by atoms with Gasteiger partial charge in [-0.25, -0.2) is 8.42 Å². The largest absolute Gasteiger partial charge is 0.341 e. The maximum Gasteiger partial charge on any atom is 0.243 e. The average molecular weight is 416 g/mol. The average Bonchev–Trinajstić information content (AvgIpc) is 3.07. The van der Waals surface area contributed by atoms with Crippen LogP contribution in [0, 0.1) is 5.92 Å². The number of hydrogen-bond acceptors (Lipinski definition) is 4. The van der Waals surface area contributed by atoms with Gasteiger partial charge in [-0.2, -0.15) is 4.31 Å². The summed E-state index contributed by atoms with van der Waals surface area (Å²) in [5.41, 5.74) is 7.01. The highest BCUT2D eigenvalue weighted by Gasteiger charge is 2.35. The number of nitrogens with two attached hydrogens (primary N) is 1. The lowest BCUT2D eigenvalue weighted by molar-refractivity contribution is -0.135. The molecule has 2 heterocycles. The van der Waals surface area contributed by atoms with E-state index in [1.807, 2.05) is 17.0 Å². The highest BCUT2D eigenvalue weighted by molar-refractivity contribution is 7.89. The standard InChI is InChI=1S/C19H29N3O3S.ClH/c1-14(2)15-3-5-18(6-4-15)26(24,25)22-11-7-16(8-12-22)19(23)21-10-9-17(20)13-21;/h3-6,14,16-17H,7-13,20H2,1-2H3;1H/t17-;/m1./s1. The number of piperidine rings is 1. The zero-order valence-electron chi connectivity index (χ0n) is 16.0. The summed E-state index contributed by atoms with van der Waals surface area (Å²) in [6, 6.07) is 7.21. The number of hydrogen-bond donors (Lipinski definition) is 1. The van der Waals surface area contributed by atoms with Crippen LogP contribution < -0.4 is 5.73 Å². The molecule has 0 radical (unpaired) electrons. The molecule has 8 heteroatoms. The fraction of sp³-hybridized carbons (Fsp3) is 0.632. The summed E-state index contributed by atoms with van der Waals surface area (Å²) in [6.07, 6.45) is 2.01. The molecule has 2 aliphatic rings. The summed E-state index contributed by atoms with van der Waals surface area (Å²) in [5, 5.41) is 0. The number of carbonyl (C=O) groups is 1. The van der Waals surface area contributed by atoms with Crippen molar-refractivity contribution in [2.75, 3.05) is 26.2 Å². The van der Waals surface area contributed by atoms with E-state index >= 15 is 0 Å². The molecule has 0 unspecified atom stereocenters. The van der Waals surface area contributed by atoms with E-state index in [2.05, 4.69) is 13.8 Å². The van der Waals surface area contributed by atoms with Crippen LogP contribution in [-0.2, 0) is 14.8 Å². The first-order valence-corrected chi connectivity index (χ1v) is 10.9. The smallest absolute Gasteiger partial charge is 0.243 e. The number of carbonyl (C=O) groups excluding carboxylic acids is 1. The number of halogens is 1. The molecule has 0 saturated carbocycles. The van der Waals surface area contributed by atoms with Gasteiger partial charge in [-0.15, -0.1) is 12.4 Å². The van der Waals surface area contributed by atoms with Gasteiger partial charge in [0.1, 0.15) is 0 Å². The molecule has 0 aromatic heterocycles. The molecule has 2 aliphatic heterocycles. The second-order valence-corrected chi connectivity index (χ2v) is 9.67. The Morgan fingerprint density at radius 2 is 1.67 bits per heavy atom. The van der Waals surface area contributed by atoms with Gasteiger partial charge in [0.05, 0.1) is 4.90 Å². The zero-order valence-corrected chi connectivity index (χ0v) is 17.6. The van der Waals surface area contributed by atoms with Crippen LogP contribution in [0.4, 0.5) is 0 Å². The summed E-state index contributed by atoms with van der Waals surface area (Å²) in [6.45, 7) is 6.30. The lowest BCUT2D eigenvalue weighted by atomic mass is 9.97. The van der Waals surface area contributed by atoms with E-state index in [9.17, 15) is 13.2 Å². The van der Waals surface area contributed by atoms with E-state index in [4.69, 9.17) is 5.73 Å². The summed E-state index contributed by atoms with van der Waals surface area (Å²) in [5.74, 6) is 0.415. The van der Waals surface area contributed by atoms with Crippen molar-refractivity contribution in [3.63, 3.8) is 0 Å². The fourth-order valence-corrected chi connectivity index (χ4v) is 5.23. The predicted octanol–water partition coefficient (Wildman–Crippen LogP) is 2.19. The van der Waals surface area contributed by atoms with Gasteiger partial charge >= 0.3 is 0 Å². The first kappa shape index (κ1) is 22.1. The highest BCUT2D eigenvalue weighted by Crippen LogP contribution is 2.27. The molecule has 0 bridgehead atoms. The van der Waals surface area contributed by atoms with E-state index in [-0.39, 0.29) is 30.3 Å². The van der Waals surface area contributed by atoms with Gasteiger partial charge in [0.25, 0.3) is 0 Å². The van der Waals surface area contributed by atoms with Gasteiger partial charge in [0.15, 0.2) is 0 Å². The molecule has 2 N–H and O–H groups in total. The van der Waals surface area contributed by atoms with Crippen LogP contribution in [0.1, 0.15) is 44.6 Å². The Kier molecular flexibility index (Phi) is 7.30. The van der Waals surface area contributed by atoms with Crippen molar-refractivity contribution in [3.8, 4) is 0 Å². The van der Waals surface area contributed by atoms with Crippen LogP contribution in [-0.4, -0.2) is 55.8 Å². The number of amides is 1. The molecule has 2 fully saturated rings. The van der Waals surface area contributed by atoms with Crippen molar-refractivity contribution < 1.29 is 13.2 Å². The topological polar surface area (TPSA) is 83.7 Å². The van der Waals surface area contributed by atoms with Crippen LogP contribution in [0.25, 0.3) is 0 Å². The molecule has 152 valence electrons. The van der Waals surface area contributed by atoms with Gasteiger partial charge in [0, 0.05) is 38.1 Å². The molecule has 2 saturated heterocycles. The Hall–Kier alpha value is -1.15. The Labute approximate surface area is 168 Å². The molecule has 1 aromatic carbocycles. The van der Waals surface area contributed by atoms with Crippen molar-refractivity contribution in [2.24, 2.45) is 11.7 Å². The third-order valence-corrected chi connectivity index (χ3v) is 7.44. The van der Waals surface area contributed by atoms with Crippen molar-refractivity contribution in [3.05, 3.63) is 29.8 Å². The quantitative estimate of drug-likeness (QED) is 0.816. The van der Waals surface area contributed by atoms with Crippen LogP contribution in [0.2, 0.25) is 0 Å². The third kappa shape index (κ3) is 4.83. The second kappa shape index (κ2) is 8.90. The Morgan fingerprint density at radius 1 is 1.07 bits per heavy atom. The maximum absolute atomic E-state index is 12.9. The summed E-state index contributed by atoms with van der Waals surface area (Å²) in [7, 11) is -3.49. The molecule has 27 heavy (non-hydrogen) atoms. The SMILES string of the molecule is CC(C)c1ccc(S(=O)(=O)N2CCC(C(=O)N3CC[C@@H](N)C3)CC2)cc1.Cl.